The van der Waals surface area contributed by atoms with Crippen LogP contribution in [0.5, 0.6) is 0 Å². The van der Waals surface area contributed by atoms with Crippen LogP contribution in [-0.4, -0.2) is 50.4 Å². The van der Waals surface area contributed by atoms with Crippen molar-refractivity contribution in [2.45, 2.75) is 0 Å². The Morgan fingerprint density at radius 1 is 1.10 bits per heavy atom. The van der Waals surface area contributed by atoms with Crippen LogP contribution < -0.4 is 15.5 Å². The largest absolute Gasteiger partial charge is 0.465 e. The SMILES string of the molecule is COC(=O)c1ccc(N2CCOCC2)c(NC(=S)NC(=O)c2ccc(Br)cc2)c1. The lowest BCUT2D eigenvalue weighted by Gasteiger charge is -2.31. The van der Waals surface area contributed by atoms with E-state index >= 15 is 0 Å². The van der Waals surface area contributed by atoms with Gasteiger partial charge >= 0.3 is 5.97 Å². The number of morpholine rings is 1. The maximum Gasteiger partial charge on any atom is 0.337 e. The quantitative estimate of drug-likeness (QED) is 0.516. The number of thiocarbonyl (C=S) groups is 1. The minimum Gasteiger partial charge on any atom is -0.465 e. The van der Waals surface area contributed by atoms with Gasteiger partial charge in [-0.15, -0.1) is 0 Å². The highest BCUT2D eigenvalue weighted by Crippen LogP contribution is 2.28. The van der Waals surface area contributed by atoms with E-state index in [-0.39, 0.29) is 11.0 Å². The van der Waals surface area contributed by atoms with Gasteiger partial charge in [-0.05, 0) is 54.7 Å². The number of nitrogens with zero attached hydrogens (tertiary/aromatic N) is 1. The van der Waals surface area contributed by atoms with Crippen molar-refractivity contribution in [3.63, 3.8) is 0 Å². The second-order valence-electron chi connectivity index (χ2n) is 6.24. The summed E-state index contributed by atoms with van der Waals surface area (Å²) in [5, 5.41) is 5.84. The molecule has 1 saturated heterocycles. The highest BCUT2D eigenvalue weighted by molar-refractivity contribution is 9.10. The molecule has 0 atom stereocenters. The van der Waals surface area contributed by atoms with Crippen molar-refractivity contribution in [1.82, 2.24) is 5.32 Å². The Bertz CT molecular complexity index is 914. The lowest BCUT2D eigenvalue weighted by molar-refractivity contribution is 0.0600. The van der Waals surface area contributed by atoms with Crippen LogP contribution >= 0.6 is 28.1 Å². The Labute approximate surface area is 182 Å². The summed E-state index contributed by atoms with van der Waals surface area (Å²) in [6, 6.07) is 12.1. The minimum atomic E-state index is -0.452. The van der Waals surface area contributed by atoms with Gasteiger partial charge in [0.1, 0.15) is 0 Å². The van der Waals surface area contributed by atoms with Crippen LogP contribution in [0, 0.1) is 0 Å². The van der Waals surface area contributed by atoms with Crippen molar-refractivity contribution in [2.24, 2.45) is 0 Å². The first kappa shape index (κ1) is 21.2. The topological polar surface area (TPSA) is 79.9 Å². The Hall–Kier alpha value is -2.49. The van der Waals surface area contributed by atoms with E-state index in [2.05, 4.69) is 31.5 Å². The third-order valence-corrected chi connectivity index (χ3v) is 5.08. The fraction of sp³-hybridized carbons (Fsp3) is 0.250. The number of hydrogen-bond acceptors (Lipinski definition) is 6. The van der Waals surface area contributed by atoms with Gasteiger partial charge in [-0.25, -0.2) is 4.79 Å². The highest BCUT2D eigenvalue weighted by atomic mass is 79.9. The summed E-state index contributed by atoms with van der Waals surface area (Å²) in [5.74, 6) is -0.779. The molecule has 0 unspecified atom stereocenters. The normalized spacial score (nSPS) is 13.5. The van der Waals surface area contributed by atoms with Crippen LogP contribution in [-0.2, 0) is 9.47 Å². The van der Waals surface area contributed by atoms with Crippen LogP contribution in [0.15, 0.2) is 46.9 Å². The van der Waals surface area contributed by atoms with Gasteiger partial charge in [0.2, 0.25) is 0 Å². The van der Waals surface area contributed by atoms with Crippen LogP contribution in [0.4, 0.5) is 11.4 Å². The fourth-order valence-corrected chi connectivity index (χ4v) is 3.36. The summed E-state index contributed by atoms with van der Waals surface area (Å²) in [6.45, 7) is 2.65. The predicted molar refractivity (Wildman–Crippen MR) is 119 cm³/mol. The molecule has 3 rings (SSSR count). The Balaban J connectivity index is 1.79. The van der Waals surface area contributed by atoms with Crippen molar-refractivity contribution in [1.29, 1.82) is 0 Å². The van der Waals surface area contributed by atoms with E-state index in [1.54, 1.807) is 36.4 Å². The zero-order chi connectivity index (χ0) is 20.8. The molecule has 0 bridgehead atoms. The minimum absolute atomic E-state index is 0.134. The molecule has 1 aliphatic heterocycles. The number of carbonyl (C=O) groups is 2. The monoisotopic (exact) mass is 477 g/mol. The van der Waals surface area contributed by atoms with Gasteiger partial charge < -0.3 is 19.7 Å². The zero-order valence-corrected chi connectivity index (χ0v) is 18.1. The summed E-state index contributed by atoms with van der Waals surface area (Å²) >= 11 is 8.66. The molecule has 9 heteroatoms. The molecule has 2 aromatic carbocycles. The van der Waals surface area contributed by atoms with Crippen molar-refractivity contribution in [3.05, 3.63) is 58.1 Å². The lowest BCUT2D eigenvalue weighted by atomic mass is 10.1. The second kappa shape index (κ2) is 9.82. The number of nitrogens with one attached hydrogen (secondary N) is 2. The number of amides is 1. The van der Waals surface area contributed by atoms with Gasteiger partial charge in [-0.1, -0.05) is 15.9 Å². The maximum absolute atomic E-state index is 12.4. The molecule has 0 spiro atoms. The molecule has 1 aliphatic rings. The molecule has 152 valence electrons. The van der Waals surface area contributed by atoms with Gasteiger partial charge in [0, 0.05) is 23.1 Å². The third kappa shape index (κ3) is 5.53. The van der Waals surface area contributed by atoms with E-state index in [4.69, 9.17) is 21.7 Å². The van der Waals surface area contributed by atoms with Gasteiger partial charge in [0.05, 0.1) is 37.3 Å². The number of esters is 1. The van der Waals surface area contributed by atoms with Crippen LogP contribution in [0.1, 0.15) is 20.7 Å². The number of halogens is 1. The summed E-state index contributed by atoms with van der Waals surface area (Å²) in [4.78, 5) is 26.5. The molecule has 1 fully saturated rings. The van der Waals surface area contributed by atoms with Crippen LogP contribution in [0.25, 0.3) is 0 Å². The first-order valence-electron chi connectivity index (χ1n) is 8.91. The number of methoxy groups -OCH3 is 1. The third-order valence-electron chi connectivity index (χ3n) is 4.35. The number of ether oxygens (including phenoxy) is 2. The first-order chi connectivity index (χ1) is 14.0. The van der Waals surface area contributed by atoms with Gasteiger partial charge in [0.15, 0.2) is 5.11 Å². The van der Waals surface area contributed by atoms with E-state index in [1.165, 1.54) is 7.11 Å². The smallest absolute Gasteiger partial charge is 0.337 e. The van der Waals surface area contributed by atoms with Crippen molar-refractivity contribution in [3.8, 4) is 0 Å². The number of benzene rings is 2. The van der Waals surface area contributed by atoms with Crippen LogP contribution in [0.3, 0.4) is 0 Å². The molecule has 1 heterocycles. The van der Waals surface area contributed by atoms with E-state index in [0.29, 0.717) is 43.1 Å². The van der Waals surface area contributed by atoms with E-state index < -0.39 is 5.97 Å². The number of carbonyl (C=O) groups excluding carboxylic acids is 2. The van der Waals surface area contributed by atoms with Crippen LogP contribution in [0.2, 0.25) is 0 Å². The molecule has 2 aromatic rings. The molecule has 2 N–H and O–H groups in total. The standard InChI is InChI=1S/C20H20BrN3O4S/c1-27-19(26)14-4-7-17(24-8-10-28-11-9-24)16(12-14)22-20(29)23-18(25)13-2-5-15(21)6-3-13/h2-7,12H,8-11H2,1H3,(H2,22,23,25,29). The molecular weight excluding hydrogens is 458 g/mol. The number of anilines is 2. The summed E-state index contributed by atoms with van der Waals surface area (Å²) in [7, 11) is 1.33. The van der Waals surface area contributed by atoms with Gasteiger partial charge in [-0.3, -0.25) is 10.1 Å². The molecule has 0 radical (unpaired) electrons. The molecule has 29 heavy (non-hydrogen) atoms. The lowest BCUT2D eigenvalue weighted by Crippen LogP contribution is -2.38. The second-order valence-corrected chi connectivity index (χ2v) is 7.56. The Morgan fingerprint density at radius 2 is 1.76 bits per heavy atom. The zero-order valence-electron chi connectivity index (χ0n) is 15.7. The van der Waals surface area contributed by atoms with Crippen molar-refractivity contribution >= 4 is 56.5 Å². The molecular formula is C20H20BrN3O4S. The average molecular weight is 478 g/mol. The van der Waals surface area contributed by atoms with E-state index in [9.17, 15) is 9.59 Å². The first-order valence-corrected chi connectivity index (χ1v) is 10.1. The van der Waals surface area contributed by atoms with Crippen molar-refractivity contribution < 1.29 is 19.1 Å². The van der Waals surface area contributed by atoms with Gasteiger partial charge in [-0.2, -0.15) is 0 Å². The highest BCUT2D eigenvalue weighted by Gasteiger charge is 2.18. The van der Waals surface area contributed by atoms with E-state index in [0.717, 1.165) is 10.2 Å². The van der Waals surface area contributed by atoms with Crippen molar-refractivity contribution in [2.75, 3.05) is 43.6 Å². The number of rotatable bonds is 4. The molecule has 0 saturated carbocycles. The Morgan fingerprint density at radius 3 is 2.41 bits per heavy atom. The fourth-order valence-electron chi connectivity index (χ4n) is 2.89. The summed E-state index contributed by atoms with van der Waals surface area (Å²) in [5.41, 5.74) is 2.33. The summed E-state index contributed by atoms with van der Waals surface area (Å²) in [6.07, 6.45) is 0. The summed E-state index contributed by atoms with van der Waals surface area (Å²) < 4.78 is 11.1. The average Bonchev–Trinajstić information content (AvgIpc) is 2.74. The van der Waals surface area contributed by atoms with Gasteiger partial charge in [0.25, 0.3) is 5.91 Å². The maximum atomic E-state index is 12.4. The molecule has 1 amide bonds. The molecule has 7 nitrogen and oxygen atoms in total. The number of hydrogen-bond donors (Lipinski definition) is 2. The predicted octanol–water partition coefficient (Wildman–Crippen LogP) is 3.20. The van der Waals surface area contributed by atoms with E-state index in [1.807, 2.05) is 6.07 Å². The molecule has 0 aliphatic carbocycles. The Kier molecular flexibility index (Phi) is 7.18. The molecule has 0 aromatic heterocycles.